The van der Waals surface area contributed by atoms with Crippen LogP contribution in [0, 0.1) is 0 Å². The van der Waals surface area contributed by atoms with E-state index in [1.807, 2.05) is 19.3 Å². The fourth-order valence-corrected chi connectivity index (χ4v) is 1.64. The molecule has 16 heavy (non-hydrogen) atoms. The minimum atomic E-state index is -0.0394. The average Bonchev–Trinajstić information content (AvgIpc) is 2.34. The van der Waals surface area contributed by atoms with Crippen LogP contribution in [0.15, 0.2) is 24.5 Å². The Morgan fingerprint density at radius 2 is 2.00 bits per heavy atom. The van der Waals surface area contributed by atoms with E-state index in [2.05, 4.69) is 17.1 Å². The Balaban J connectivity index is 2.11. The second kappa shape index (κ2) is 8.25. The van der Waals surface area contributed by atoms with Gasteiger partial charge in [-0.3, -0.25) is 4.98 Å². The summed E-state index contributed by atoms with van der Waals surface area (Å²) in [7, 11) is 1.70. The maximum Gasteiger partial charge on any atom is 0.157 e. The highest BCUT2D eigenvalue weighted by Crippen LogP contribution is 2.09. The molecule has 1 aromatic rings. The smallest absolute Gasteiger partial charge is 0.157 e. The third-order valence-corrected chi connectivity index (χ3v) is 2.52. The first-order valence-electron chi connectivity index (χ1n) is 5.90. The van der Waals surface area contributed by atoms with Crippen LogP contribution < -0.4 is 0 Å². The molecule has 3 nitrogen and oxygen atoms in total. The molecular weight excluding hydrogens is 202 g/mol. The van der Waals surface area contributed by atoms with Gasteiger partial charge in [0.15, 0.2) is 6.29 Å². The highest BCUT2D eigenvalue weighted by molar-refractivity contribution is 5.09. The summed E-state index contributed by atoms with van der Waals surface area (Å²) in [6.07, 6.45) is 8.00. The molecule has 0 saturated carbocycles. The summed E-state index contributed by atoms with van der Waals surface area (Å²) in [5, 5.41) is 0. The van der Waals surface area contributed by atoms with Crippen LogP contribution in [0.5, 0.6) is 0 Å². The lowest BCUT2D eigenvalue weighted by molar-refractivity contribution is -0.124. The molecule has 0 aromatic carbocycles. The first kappa shape index (κ1) is 13.1. The van der Waals surface area contributed by atoms with Gasteiger partial charge in [0.2, 0.25) is 0 Å². The third-order valence-electron chi connectivity index (χ3n) is 2.52. The standard InChI is InChI=1S/C13H21NO2/c1-3-16-13(15-2)7-5-4-6-12-8-10-14-11-9-12/h8-11,13H,3-7H2,1-2H3. The van der Waals surface area contributed by atoms with Gasteiger partial charge >= 0.3 is 0 Å². The maximum absolute atomic E-state index is 5.41. The molecule has 0 bridgehead atoms. The van der Waals surface area contributed by atoms with Gasteiger partial charge in [-0.2, -0.15) is 0 Å². The van der Waals surface area contributed by atoms with Crippen LogP contribution in [0.4, 0.5) is 0 Å². The summed E-state index contributed by atoms with van der Waals surface area (Å²) in [4.78, 5) is 4.00. The molecule has 0 aliphatic rings. The largest absolute Gasteiger partial charge is 0.356 e. The van der Waals surface area contributed by atoms with Gasteiger partial charge in [0.05, 0.1) is 0 Å². The van der Waals surface area contributed by atoms with Crippen molar-refractivity contribution in [3.05, 3.63) is 30.1 Å². The Kier molecular flexibility index (Phi) is 6.77. The first-order chi connectivity index (χ1) is 7.86. The molecule has 1 heterocycles. The lowest BCUT2D eigenvalue weighted by Gasteiger charge is -2.14. The van der Waals surface area contributed by atoms with E-state index in [1.165, 1.54) is 5.56 Å². The molecule has 3 heteroatoms. The molecule has 0 fully saturated rings. The van der Waals surface area contributed by atoms with Gasteiger partial charge < -0.3 is 9.47 Å². The zero-order valence-corrected chi connectivity index (χ0v) is 10.2. The van der Waals surface area contributed by atoms with E-state index in [-0.39, 0.29) is 6.29 Å². The molecule has 0 radical (unpaired) electrons. The highest BCUT2D eigenvalue weighted by atomic mass is 16.7. The molecule has 0 amide bonds. The van der Waals surface area contributed by atoms with Crippen molar-refractivity contribution in [1.29, 1.82) is 0 Å². The Morgan fingerprint density at radius 3 is 2.62 bits per heavy atom. The van der Waals surface area contributed by atoms with Crippen molar-refractivity contribution in [1.82, 2.24) is 4.98 Å². The molecule has 0 saturated heterocycles. The van der Waals surface area contributed by atoms with E-state index in [4.69, 9.17) is 9.47 Å². The topological polar surface area (TPSA) is 31.4 Å². The van der Waals surface area contributed by atoms with Crippen LogP contribution in [0.3, 0.4) is 0 Å². The van der Waals surface area contributed by atoms with Crippen LogP contribution >= 0.6 is 0 Å². The molecule has 1 rings (SSSR count). The molecule has 0 aliphatic carbocycles. The lowest BCUT2D eigenvalue weighted by atomic mass is 10.1. The molecule has 90 valence electrons. The van der Waals surface area contributed by atoms with Crippen LogP contribution in [-0.4, -0.2) is 25.0 Å². The van der Waals surface area contributed by atoms with Crippen LogP contribution in [0.2, 0.25) is 0 Å². The maximum atomic E-state index is 5.41. The SMILES string of the molecule is CCOC(CCCCc1ccncc1)OC. The number of methoxy groups -OCH3 is 1. The van der Waals surface area contributed by atoms with Crippen molar-refractivity contribution >= 4 is 0 Å². The number of ether oxygens (including phenoxy) is 2. The zero-order chi connectivity index (χ0) is 11.6. The Bertz CT molecular complexity index is 264. The molecule has 0 N–H and O–H groups in total. The molecular formula is C13H21NO2. The van der Waals surface area contributed by atoms with Crippen molar-refractivity contribution < 1.29 is 9.47 Å². The molecule has 1 atom stereocenters. The summed E-state index contributed by atoms with van der Waals surface area (Å²) in [6.45, 7) is 2.70. The number of hydrogen-bond acceptors (Lipinski definition) is 3. The van der Waals surface area contributed by atoms with E-state index in [9.17, 15) is 0 Å². The number of unbranched alkanes of at least 4 members (excludes halogenated alkanes) is 1. The number of hydrogen-bond donors (Lipinski definition) is 0. The lowest BCUT2D eigenvalue weighted by Crippen LogP contribution is -2.14. The first-order valence-corrected chi connectivity index (χ1v) is 5.90. The molecule has 0 aliphatic heterocycles. The fraction of sp³-hybridized carbons (Fsp3) is 0.615. The predicted molar refractivity (Wildman–Crippen MR) is 64.2 cm³/mol. The minimum Gasteiger partial charge on any atom is -0.356 e. The van der Waals surface area contributed by atoms with Crippen molar-refractivity contribution in [2.24, 2.45) is 0 Å². The van der Waals surface area contributed by atoms with Gasteiger partial charge in [0.25, 0.3) is 0 Å². The monoisotopic (exact) mass is 223 g/mol. The Hall–Kier alpha value is -0.930. The van der Waals surface area contributed by atoms with Crippen molar-refractivity contribution in [3.8, 4) is 0 Å². The number of nitrogens with zero attached hydrogens (tertiary/aromatic N) is 1. The second-order valence-electron chi connectivity index (χ2n) is 3.72. The summed E-state index contributed by atoms with van der Waals surface area (Å²) < 4.78 is 10.6. The number of aromatic nitrogens is 1. The van der Waals surface area contributed by atoms with E-state index in [1.54, 1.807) is 7.11 Å². The van der Waals surface area contributed by atoms with Gasteiger partial charge in [-0.15, -0.1) is 0 Å². The Labute approximate surface area is 97.8 Å². The summed E-state index contributed by atoms with van der Waals surface area (Å²) >= 11 is 0. The molecule has 0 spiro atoms. The molecule has 1 aromatic heterocycles. The van der Waals surface area contributed by atoms with Crippen LogP contribution in [0.1, 0.15) is 31.7 Å². The van der Waals surface area contributed by atoms with Gasteiger partial charge in [-0.1, -0.05) is 0 Å². The van der Waals surface area contributed by atoms with Crippen molar-refractivity contribution in [2.45, 2.75) is 38.9 Å². The van der Waals surface area contributed by atoms with E-state index in [0.717, 1.165) is 25.7 Å². The quantitative estimate of drug-likeness (QED) is 0.501. The van der Waals surface area contributed by atoms with Crippen LogP contribution in [-0.2, 0) is 15.9 Å². The number of pyridine rings is 1. The normalized spacial score (nSPS) is 12.6. The van der Waals surface area contributed by atoms with Crippen LogP contribution in [0.25, 0.3) is 0 Å². The summed E-state index contributed by atoms with van der Waals surface area (Å²) in [5.74, 6) is 0. The van der Waals surface area contributed by atoms with Gasteiger partial charge in [-0.25, -0.2) is 0 Å². The van der Waals surface area contributed by atoms with Gasteiger partial charge in [0, 0.05) is 26.1 Å². The van der Waals surface area contributed by atoms with Crippen molar-refractivity contribution in [2.75, 3.05) is 13.7 Å². The van der Waals surface area contributed by atoms with Gasteiger partial charge in [0.1, 0.15) is 0 Å². The molecule has 1 unspecified atom stereocenters. The highest BCUT2D eigenvalue weighted by Gasteiger charge is 2.05. The number of aryl methyl sites for hydroxylation is 1. The minimum absolute atomic E-state index is 0.0394. The predicted octanol–water partition coefficient (Wildman–Crippen LogP) is 2.80. The average molecular weight is 223 g/mol. The zero-order valence-electron chi connectivity index (χ0n) is 10.2. The van der Waals surface area contributed by atoms with E-state index >= 15 is 0 Å². The van der Waals surface area contributed by atoms with E-state index < -0.39 is 0 Å². The summed E-state index contributed by atoms with van der Waals surface area (Å²) in [6, 6.07) is 4.13. The second-order valence-corrected chi connectivity index (χ2v) is 3.72. The fourth-order valence-electron chi connectivity index (χ4n) is 1.64. The summed E-state index contributed by atoms with van der Waals surface area (Å²) in [5.41, 5.74) is 1.35. The third kappa shape index (κ3) is 5.24. The van der Waals surface area contributed by atoms with E-state index in [0.29, 0.717) is 6.61 Å². The Morgan fingerprint density at radius 1 is 1.25 bits per heavy atom. The van der Waals surface area contributed by atoms with Crippen molar-refractivity contribution in [3.63, 3.8) is 0 Å². The number of rotatable bonds is 8. The van der Waals surface area contributed by atoms with Gasteiger partial charge in [-0.05, 0) is 50.3 Å².